The first-order valence-electron chi connectivity index (χ1n) is 3.61. The molecule has 1 rings (SSSR count). The predicted molar refractivity (Wildman–Crippen MR) is 44.8 cm³/mol. The molecule has 2 heteroatoms. The van der Waals surface area contributed by atoms with Crippen molar-refractivity contribution in [2.45, 2.75) is 12.5 Å². The first-order valence-corrected chi connectivity index (χ1v) is 3.61. The molecule has 1 aromatic carbocycles. The molecule has 0 fully saturated rings. The molecule has 0 heterocycles. The Morgan fingerprint density at radius 3 is 2.92 bits per heavy atom. The second-order valence-electron chi connectivity index (χ2n) is 2.48. The average molecular weight is 164 g/mol. The third-order valence-corrected chi connectivity index (χ3v) is 1.54. The van der Waals surface area contributed by atoms with Gasteiger partial charge in [-0.25, -0.2) is 4.39 Å². The Kier molecular flexibility index (Phi) is 2.84. The summed E-state index contributed by atoms with van der Waals surface area (Å²) in [5, 5.41) is 9.34. The van der Waals surface area contributed by atoms with Crippen LogP contribution >= 0.6 is 0 Å². The Hall–Kier alpha value is -1.33. The van der Waals surface area contributed by atoms with Crippen LogP contribution in [-0.2, 0) is 0 Å². The fraction of sp³-hybridized carbons (Fsp3) is 0.200. The largest absolute Gasteiger partial charge is 0.387 e. The molecule has 0 radical (unpaired) electrons. The molecule has 1 N–H and O–H groups in total. The van der Waals surface area contributed by atoms with Crippen LogP contribution in [0.4, 0.5) is 4.39 Å². The van der Waals surface area contributed by atoms with Crippen molar-refractivity contribution in [2.24, 2.45) is 0 Å². The van der Waals surface area contributed by atoms with Gasteiger partial charge in [0.05, 0.1) is 6.10 Å². The van der Waals surface area contributed by atoms with Gasteiger partial charge in [0, 0.05) is 6.42 Å². The summed E-state index contributed by atoms with van der Waals surface area (Å²) >= 11 is 0. The van der Waals surface area contributed by atoms with Gasteiger partial charge in [-0.3, -0.25) is 0 Å². The highest BCUT2D eigenvalue weighted by Gasteiger charge is 2.05. The highest BCUT2D eigenvalue weighted by molar-refractivity contribution is 5.19. The molecule has 0 bridgehead atoms. The molecule has 0 aromatic heterocycles. The van der Waals surface area contributed by atoms with E-state index >= 15 is 0 Å². The van der Waals surface area contributed by atoms with E-state index in [1.54, 1.807) is 12.1 Å². The zero-order chi connectivity index (χ0) is 8.97. The minimum atomic E-state index is -0.759. The molecule has 1 atom stereocenters. The summed E-state index contributed by atoms with van der Waals surface area (Å²) in [4.78, 5) is 0. The summed E-state index contributed by atoms with van der Waals surface area (Å²) in [6.45, 7) is 0. The Balaban J connectivity index is 2.82. The van der Waals surface area contributed by atoms with Crippen molar-refractivity contribution in [3.05, 3.63) is 35.6 Å². The fourth-order valence-electron chi connectivity index (χ4n) is 0.943. The van der Waals surface area contributed by atoms with Crippen LogP contribution in [0.3, 0.4) is 0 Å². The maximum Gasteiger partial charge on any atom is 0.123 e. The zero-order valence-electron chi connectivity index (χ0n) is 6.50. The van der Waals surface area contributed by atoms with Gasteiger partial charge in [0.2, 0.25) is 0 Å². The van der Waals surface area contributed by atoms with Gasteiger partial charge in [0.25, 0.3) is 0 Å². The molecule has 1 aromatic rings. The van der Waals surface area contributed by atoms with Gasteiger partial charge in [-0.1, -0.05) is 12.1 Å². The van der Waals surface area contributed by atoms with Crippen molar-refractivity contribution < 1.29 is 9.50 Å². The number of halogens is 1. The van der Waals surface area contributed by atoms with Crippen molar-refractivity contribution >= 4 is 0 Å². The standard InChI is InChI=1S/C10H9FO/c1-2-4-10(12)8-5-3-6-9(11)7-8/h1,3,5-7,10,12H,4H2/t10-/m1/s1. The lowest BCUT2D eigenvalue weighted by atomic mass is 10.1. The summed E-state index contributed by atoms with van der Waals surface area (Å²) in [5.41, 5.74) is 0.521. The van der Waals surface area contributed by atoms with E-state index in [0.717, 1.165) is 0 Å². The number of aliphatic hydroxyl groups excluding tert-OH is 1. The van der Waals surface area contributed by atoms with E-state index in [0.29, 0.717) is 5.56 Å². The lowest BCUT2D eigenvalue weighted by molar-refractivity contribution is 0.183. The van der Waals surface area contributed by atoms with Crippen molar-refractivity contribution in [2.75, 3.05) is 0 Å². The molecule has 0 aliphatic heterocycles. The van der Waals surface area contributed by atoms with E-state index in [1.165, 1.54) is 12.1 Å². The third-order valence-electron chi connectivity index (χ3n) is 1.54. The van der Waals surface area contributed by atoms with E-state index < -0.39 is 6.10 Å². The molecule has 0 spiro atoms. The van der Waals surface area contributed by atoms with Gasteiger partial charge in [0.15, 0.2) is 0 Å². The van der Waals surface area contributed by atoms with Crippen molar-refractivity contribution in [1.82, 2.24) is 0 Å². The average Bonchev–Trinajstić information content (AvgIpc) is 2.05. The molecule has 0 aliphatic rings. The summed E-state index contributed by atoms with van der Waals surface area (Å²) in [6, 6.07) is 5.80. The van der Waals surface area contributed by atoms with Crippen LogP contribution in [-0.4, -0.2) is 5.11 Å². The SMILES string of the molecule is C#CC[C@@H](O)c1cccc(F)c1. The highest BCUT2D eigenvalue weighted by atomic mass is 19.1. The Bertz CT molecular complexity index is 301. The molecule has 62 valence electrons. The maximum atomic E-state index is 12.6. The van der Waals surface area contributed by atoms with Gasteiger partial charge in [0.1, 0.15) is 5.82 Å². The molecule has 0 saturated heterocycles. The van der Waals surface area contributed by atoms with Crippen LogP contribution in [0.2, 0.25) is 0 Å². The normalized spacial score (nSPS) is 12.1. The predicted octanol–water partition coefficient (Wildman–Crippen LogP) is 1.88. The molecular weight excluding hydrogens is 155 g/mol. The number of hydrogen-bond donors (Lipinski definition) is 1. The lowest BCUT2D eigenvalue weighted by Gasteiger charge is -2.06. The van der Waals surface area contributed by atoms with Crippen molar-refractivity contribution in [1.29, 1.82) is 0 Å². The van der Waals surface area contributed by atoms with Gasteiger partial charge < -0.3 is 5.11 Å². The molecule has 12 heavy (non-hydrogen) atoms. The summed E-state index contributed by atoms with van der Waals surface area (Å²) in [6.07, 6.45) is 4.45. The third kappa shape index (κ3) is 2.08. The summed E-state index contributed by atoms with van der Waals surface area (Å²) < 4.78 is 12.6. The van der Waals surface area contributed by atoms with Crippen LogP contribution in [0, 0.1) is 18.2 Å². The minimum absolute atomic E-state index is 0.212. The number of hydrogen-bond acceptors (Lipinski definition) is 1. The first kappa shape index (κ1) is 8.76. The Labute approximate surface area is 70.9 Å². The fourth-order valence-corrected chi connectivity index (χ4v) is 0.943. The van der Waals surface area contributed by atoms with Crippen molar-refractivity contribution in [3.63, 3.8) is 0 Å². The number of rotatable bonds is 2. The first-order chi connectivity index (χ1) is 5.74. The van der Waals surface area contributed by atoms with Crippen LogP contribution in [0.25, 0.3) is 0 Å². The molecule has 0 amide bonds. The maximum absolute atomic E-state index is 12.6. The Morgan fingerprint density at radius 2 is 2.33 bits per heavy atom. The summed E-state index contributed by atoms with van der Waals surface area (Å²) in [7, 11) is 0. The molecular formula is C10H9FO. The lowest BCUT2D eigenvalue weighted by Crippen LogP contribution is -1.95. The number of aliphatic hydroxyl groups is 1. The van der Waals surface area contributed by atoms with Gasteiger partial charge in [-0.15, -0.1) is 12.3 Å². The monoisotopic (exact) mass is 164 g/mol. The smallest absolute Gasteiger partial charge is 0.123 e. The van der Waals surface area contributed by atoms with E-state index in [2.05, 4.69) is 5.92 Å². The van der Waals surface area contributed by atoms with Crippen LogP contribution < -0.4 is 0 Å². The summed E-state index contributed by atoms with van der Waals surface area (Å²) in [5.74, 6) is 1.96. The number of benzene rings is 1. The van der Waals surface area contributed by atoms with Crippen LogP contribution in [0.5, 0.6) is 0 Å². The van der Waals surface area contributed by atoms with Crippen LogP contribution in [0.1, 0.15) is 18.1 Å². The van der Waals surface area contributed by atoms with Crippen LogP contribution in [0.15, 0.2) is 24.3 Å². The number of terminal acetylenes is 1. The van der Waals surface area contributed by atoms with E-state index in [-0.39, 0.29) is 12.2 Å². The quantitative estimate of drug-likeness (QED) is 0.662. The minimum Gasteiger partial charge on any atom is -0.387 e. The van der Waals surface area contributed by atoms with Gasteiger partial charge >= 0.3 is 0 Å². The second-order valence-corrected chi connectivity index (χ2v) is 2.48. The topological polar surface area (TPSA) is 20.2 Å². The second kappa shape index (κ2) is 3.89. The van der Waals surface area contributed by atoms with Gasteiger partial charge in [-0.2, -0.15) is 0 Å². The highest BCUT2D eigenvalue weighted by Crippen LogP contribution is 2.16. The molecule has 0 unspecified atom stereocenters. The van der Waals surface area contributed by atoms with E-state index in [9.17, 15) is 9.50 Å². The van der Waals surface area contributed by atoms with Gasteiger partial charge in [-0.05, 0) is 17.7 Å². The van der Waals surface area contributed by atoms with Crippen molar-refractivity contribution in [3.8, 4) is 12.3 Å². The van der Waals surface area contributed by atoms with E-state index in [1.807, 2.05) is 0 Å². The Morgan fingerprint density at radius 1 is 1.58 bits per heavy atom. The molecule has 0 aliphatic carbocycles. The molecule has 0 saturated carbocycles. The zero-order valence-corrected chi connectivity index (χ0v) is 6.50. The van der Waals surface area contributed by atoms with E-state index in [4.69, 9.17) is 6.42 Å². The molecule has 1 nitrogen and oxygen atoms in total.